The first-order valence-corrected chi connectivity index (χ1v) is 6.91. The van der Waals surface area contributed by atoms with Crippen molar-refractivity contribution in [2.24, 2.45) is 5.92 Å². The SMILES string of the molecule is Cc1ncnc2c1CCN(C(=O)C1CCOC1)CC2. The Hall–Kier alpha value is -1.49. The highest BCUT2D eigenvalue weighted by Gasteiger charge is 2.29. The lowest BCUT2D eigenvalue weighted by Crippen LogP contribution is -2.38. The average Bonchev–Trinajstić information content (AvgIpc) is 2.85. The van der Waals surface area contributed by atoms with Crippen molar-refractivity contribution in [3.05, 3.63) is 23.3 Å². The number of hydrogen-bond acceptors (Lipinski definition) is 4. The van der Waals surface area contributed by atoms with Crippen molar-refractivity contribution in [3.63, 3.8) is 0 Å². The molecule has 102 valence electrons. The van der Waals surface area contributed by atoms with Crippen molar-refractivity contribution in [3.8, 4) is 0 Å². The fourth-order valence-corrected chi connectivity index (χ4v) is 2.90. The van der Waals surface area contributed by atoms with Crippen molar-refractivity contribution >= 4 is 5.91 Å². The van der Waals surface area contributed by atoms with Crippen molar-refractivity contribution < 1.29 is 9.53 Å². The second-order valence-corrected chi connectivity index (χ2v) is 5.27. The molecule has 3 rings (SSSR count). The predicted octanol–water partition coefficient (Wildman–Crippen LogP) is 0.749. The quantitative estimate of drug-likeness (QED) is 0.748. The van der Waals surface area contributed by atoms with E-state index in [2.05, 4.69) is 9.97 Å². The number of amides is 1. The molecule has 5 heteroatoms. The maximum Gasteiger partial charge on any atom is 0.228 e. The molecule has 1 amide bonds. The molecule has 0 aliphatic carbocycles. The second-order valence-electron chi connectivity index (χ2n) is 5.27. The van der Waals surface area contributed by atoms with Crippen LogP contribution < -0.4 is 0 Å². The van der Waals surface area contributed by atoms with Gasteiger partial charge in [0.05, 0.1) is 12.5 Å². The molecular formula is C14H19N3O2. The predicted molar refractivity (Wildman–Crippen MR) is 69.7 cm³/mol. The summed E-state index contributed by atoms with van der Waals surface area (Å²) in [6, 6.07) is 0. The normalized spacial score (nSPS) is 23.0. The van der Waals surface area contributed by atoms with Crippen LogP contribution in [-0.2, 0) is 22.4 Å². The maximum absolute atomic E-state index is 12.4. The molecule has 1 aromatic heterocycles. The number of rotatable bonds is 1. The van der Waals surface area contributed by atoms with E-state index in [9.17, 15) is 4.79 Å². The number of nitrogens with zero attached hydrogens (tertiary/aromatic N) is 3. The van der Waals surface area contributed by atoms with E-state index in [-0.39, 0.29) is 11.8 Å². The molecule has 19 heavy (non-hydrogen) atoms. The van der Waals surface area contributed by atoms with Crippen LogP contribution in [0.15, 0.2) is 6.33 Å². The number of aromatic nitrogens is 2. The minimum absolute atomic E-state index is 0.0633. The van der Waals surface area contributed by atoms with Crippen LogP contribution in [0.25, 0.3) is 0 Å². The number of carbonyl (C=O) groups is 1. The summed E-state index contributed by atoms with van der Waals surface area (Å²) >= 11 is 0. The van der Waals surface area contributed by atoms with Crippen LogP contribution in [0.4, 0.5) is 0 Å². The first kappa shape index (κ1) is 12.5. The molecule has 1 atom stereocenters. The van der Waals surface area contributed by atoms with E-state index >= 15 is 0 Å². The minimum atomic E-state index is 0.0633. The van der Waals surface area contributed by atoms with Gasteiger partial charge in [0.25, 0.3) is 0 Å². The number of ether oxygens (including phenoxy) is 1. The molecule has 0 aromatic carbocycles. The van der Waals surface area contributed by atoms with Gasteiger partial charge in [0.2, 0.25) is 5.91 Å². The molecule has 1 saturated heterocycles. The Bertz CT molecular complexity index is 484. The zero-order valence-electron chi connectivity index (χ0n) is 11.3. The van der Waals surface area contributed by atoms with Crippen LogP contribution in [-0.4, -0.2) is 47.1 Å². The number of carbonyl (C=O) groups excluding carboxylic acids is 1. The van der Waals surface area contributed by atoms with E-state index in [1.54, 1.807) is 6.33 Å². The fourth-order valence-electron chi connectivity index (χ4n) is 2.90. The molecule has 0 saturated carbocycles. The van der Waals surface area contributed by atoms with E-state index in [1.165, 1.54) is 5.56 Å². The topological polar surface area (TPSA) is 55.3 Å². The Kier molecular flexibility index (Phi) is 3.46. The second kappa shape index (κ2) is 5.25. The molecule has 1 unspecified atom stereocenters. The van der Waals surface area contributed by atoms with Gasteiger partial charge in [-0.15, -0.1) is 0 Å². The summed E-state index contributed by atoms with van der Waals surface area (Å²) in [6.07, 6.45) is 4.18. The Morgan fingerprint density at radius 1 is 1.37 bits per heavy atom. The molecule has 1 fully saturated rings. The zero-order chi connectivity index (χ0) is 13.2. The Morgan fingerprint density at radius 2 is 2.21 bits per heavy atom. The van der Waals surface area contributed by atoms with Gasteiger partial charge in [0.15, 0.2) is 0 Å². The lowest BCUT2D eigenvalue weighted by atomic mass is 10.1. The van der Waals surface area contributed by atoms with Crippen molar-refractivity contribution in [1.29, 1.82) is 0 Å². The molecule has 5 nitrogen and oxygen atoms in total. The van der Waals surface area contributed by atoms with Crippen molar-refractivity contribution in [2.75, 3.05) is 26.3 Å². The van der Waals surface area contributed by atoms with Gasteiger partial charge in [-0.05, 0) is 25.3 Å². The van der Waals surface area contributed by atoms with E-state index < -0.39 is 0 Å². The Balaban J connectivity index is 1.72. The molecule has 0 spiro atoms. The Morgan fingerprint density at radius 3 is 3.00 bits per heavy atom. The van der Waals surface area contributed by atoms with Gasteiger partial charge < -0.3 is 9.64 Å². The summed E-state index contributed by atoms with van der Waals surface area (Å²) in [7, 11) is 0. The monoisotopic (exact) mass is 261 g/mol. The van der Waals surface area contributed by atoms with Crippen LogP contribution in [0.5, 0.6) is 0 Å². The third kappa shape index (κ3) is 2.47. The lowest BCUT2D eigenvalue weighted by Gasteiger charge is -2.23. The summed E-state index contributed by atoms with van der Waals surface area (Å²) in [6.45, 7) is 4.86. The summed E-state index contributed by atoms with van der Waals surface area (Å²) in [5, 5.41) is 0. The third-order valence-electron chi connectivity index (χ3n) is 4.09. The number of hydrogen-bond donors (Lipinski definition) is 0. The highest BCUT2D eigenvalue weighted by Crippen LogP contribution is 2.20. The third-order valence-corrected chi connectivity index (χ3v) is 4.09. The highest BCUT2D eigenvalue weighted by molar-refractivity contribution is 5.79. The van der Waals surface area contributed by atoms with Crippen LogP contribution in [0, 0.1) is 12.8 Å². The van der Waals surface area contributed by atoms with Gasteiger partial charge in [-0.1, -0.05) is 0 Å². The molecular weight excluding hydrogens is 242 g/mol. The first-order chi connectivity index (χ1) is 9.25. The highest BCUT2D eigenvalue weighted by atomic mass is 16.5. The van der Waals surface area contributed by atoms with Crippen LogP contribution in [0.2, 0.25) is 0 Å². The Labute approximate surface area is 113 Å². The van der Waals surface area contributed by atoms with Gasteiger partial charge in [-0.2, -0.15) is 0 Å². The van der Waals surface area contributed by atoms with Crippen LogP contribution in [0.1, 0.15) is 23.4 Å². The van der Waals surface area contributed by atoms with Crippen molar-refractivity contribution in [1.82, 2.24) is 14.9 Å². The average molecular weight is 261 g/mol. The maximum atomic E-state index is 12.4. The van der Waals surface area contributed by atoms with Gasteiger partial charge in [0, 0.05) is 37.5 Å². The fraction of sp³-hybridized carbons (Fsp3) is 0.643. The van der Waals surface area contributed by atoms with E-state index in [0.29, 0.717) is 6.61 Å². The van der Waals surface area contributed by atoms with Crippen LogP contribution in [0.3, 0.4) is 0 Å². The van der Waals surface area contributed by atoms with Gasteiger partial charge in [-0.25, -0.2) is 9.97 Å². The zero-order valence-corrected chi connectivity index (χ0v) is 11.3. The smallest absolute Gasteiger partial charge is 0.228 e. The minimum Gasteiger partial charge on any atom is -0.381 e. The molecule has 1 aromatic rings. The van der Waals surface area contributed by atoms with E-state index in [4.69, 9.17) is 4.74 Å². The van der Waals surface area contributed by atoms with Crippen LogP contribution >= 0.6 is 0 Å². The summed E-state index contributed by atoms with van der Waals surface area (Å²) in [5.41, 5.74) is 3.37. The molecule has 0 radical (unpaired) electrons. The van der Waals surface area contributed by atoms with Gasteiger partial charge >= 0.3 is 0 Å². The molecule has 2 aliphatic rings. The lowest BCUT2D eigenvalue weighted by molar-refractivity contribution is -0.135. The number of fused-ring (bicyclic) bond motifs is 1. The largest absolute Gasteiger partial charge is 0.381 e. The van der Waals surface area contributed by atoms with Crippen molar-refractivity contribution in [2.45, 2.75) is 26.2 Å². The molecule has 2 aliphatic heterocycles. The summed E-state index contributed by atoms with van der Waals surface area (Å²) in [5.74, 6) is 0.310. The summed E-state index contributed by atoms with van der Waals surface area (Å²) in [4.78, 5) is 23.0. The van der Waals surface area contributed by atoms with Gasteiger partial charge in [-0.3, -0.25) is 4.79 Å². The van der Waals surface area contributed by atoms with Gasteiger partial charge in [0.1, 0.15) is 6.33 Å². The summed E-state index contributed by atoms with van der Waals surface area (Å²) < 4.78 is 5.31. The standard InChI is InChI=1S/C14H19N3O2/c1-10-12-2-5-17(6-3-13(12)16-9-15-10)14(18)11-4-7-19-8-11/h9,11H,2-8H2,1H3. The molecule has 3 heterocycles. The number of aryl methyl sites for hydroxylation is 1. The van der Waals surface area contributed by atoms with E-state index in [0.717, 1.165) is 50.3 Å². The van der Waals surface area contributed by atoms with E-state index in [1.807, 2.05) is 11.8 Å². The first-order valence-electron chi connectivity index (χ1n) is 6.91. The molecule has 0 bridgehead atoms. The molecule has 0 N–H and O–H groups in total.